The van der Waals surface area contributed by atoms with Gasteiger partial charge >= 0.3 is 0 Å². The summed E-state index contributed by atoms with van der Waals surface area (Å²) in [7, 11) is 0. The third kappa shape index (κ3) is 7.49. The van der Waals surface area contributed by atoms with Crippen LogP contribution in [0.1, 0.15) is 108 Å². The van der Waals surface area contributed by atoms with Crippen LogP contribution >= 0.6 is 0 Å². The van der Waals surface area contributed by atoms with Gasteiger partial charge < -0.3 is 5.11 Å². The Bertz CT molecular complexity index is 1730. The zero-order valence-electron chi connectivity index (χ0n) is 29.8. The van der Waals surface area contributed by atoms with Gasteiger partial charge in [-0.1, -0.05) is 97.0 Å². The van der Waals surface area contributed by atoms with E-state index in [1.54, 1.807) is 0 Å². The van der Waals surface area contributed by atoms with Gasteiger partial charge in [0.1, 0.15) is 0 Å². The minimum absolute atomic E-state index is 0. The predicted octanol–water partition coefficient (Wildman–Crippen LogP) is 10.3. The molecule has 2 aromatic heterocycles. The van der Waals surface area contributed by atoms with Crippen LogP contribution in [-0.2, 0) is 36.7 Å². The van der Waals surface area contributed by atoms with Crippen LogP contribution in [0.25, 0.3) is 32.8 Å². The minimum atomic E-state index is -1.56. The Hall–Kier alpha value is -2.88. The first-order valence-corrected chi connectivity index (χ1v) is 15.8. The van der Waals surface area contributed by atoms with E-state index in [9.17, 15) is 9.90 Å². The molecule has 1 aliphatic rings. The second-order valence-corrected chi connectivity index (χ2v) is 13.3. The number of ketones is 1. The van der Waals surface area contributed by atoms with E-state index >= 15 is 0 Å². The van der Waals surface area contributed by atoms with Crippen LogP contribution in [0.3, 0.4) is 0 Å². The van der Waals surface area contributed by atoms with E-state index in [1.165, 1.54) is 6.08 Å². The van der Waals surface area contributed by atoms with Crippen molar-refractivity contribution in [2.45, 2.75) is 99.8 Å². The van der Waals surface area contributed by atoms with Crippen molar-refractivity contribution in [3.05, 3.63) is 83.5 Å². The fourth-order valence-corrected chi connectivity index (χ4v) is 6.04. The number of aliphatic hydroxyl groups is 1. The Labute approximate surface area is 281 Å². The molecule has 1 aliphatic carbocycles. The summed E-state index contributed by atoms with van der Waals surface area (Å²) < 4.78 is 17.6. The molecule has 0 bridgehead atoms. The Morgan fingerprint density at radius 3 is 2.25 bits per heavy atom. The number of allylic oxidation sites excluding steroid dienone is 2. The monoisotopic (exact) mass is 772 g/mol. The average Bonchev–Trinajstić information content (AvgIpc) is 3.00. The number of aliphatic hydroxyl groups excluding tert-OH is 1. The van der Waals surface area contributed by atoms with Crippen LogP contribution in [0.4, 0.5) is 0 Å². The molecule has 0 aliphatic heterocycles. The Kier molecular flexibility index (Phi) is 10.7. The second kappa shape index (κ2) is 14.5. The van der Waals surface area contributed by atoms with Gasteiger partial charge in [0.05, 0.1) is 5.76 Å². The molecule has 0 saturated heterocycles. The standard InChI is InChI=1S/C26H25N2.C13H24O2.Ir/c1-25(2,3)15-19-12-18-10-11-27-23-20-13-16-8-6-7-9-17(16)14-21(20)26(4,5)24(28-19)22(18)23;1-5-10(6-2)12(14)9-13(15)11(7-3)8-4;/h6-12,14H,15H2,1-5H3;9-11,14H,5-8H2,1-4H3;/q-1;;/b;12-9-;/i15D2;;. The number of fused-ring (bicyclic) bond motifs is 3. The molecule has 1 N–H and O–H groups in total. The van der Waals surface area contributed by atoms with Gasteiger partial charge in [0.2, 0.25) is 0 Å². The summed E-state index contributed by atoms with van der Waals surface area (Å²) in [5.41, 5.74) is 3.45. The first kappa shape index (κ1) is 32.5. The number of carbonyl (C=O) groups excluding carboxylic acids is 1. The molecule has 0 atom stereocenters. The molecule has 2 aromatic carbocycles. The first-order valence-electron chi connectivity index (χ1n) is 16.8. The maximum absolute atomic E-state index is 11.7. The molecule has 44 heavy (non-hydrogen) atoms. The van der Waals surface area contributed by atoms with Crippen LogP contribution in [0.5, 0.6) is 0 Å². The van der Waals surface area contributed by atoms with Crippen LogP contribution in [0.15, 0.2) is 60.5 Å². The van der Waals surface area contributed by atoms with Gasteiger partial charge in [-0.05, 0) is 60.4 Å². The fraction of sp³-hybridized carbons (Fsp3) is 0.462. The molecule has 0 saturated carbocycles. The fourth-order valence-electron chi connectivity index (χ4n) is 6.04. The van der Waals surface area contributed by atoms with E-state index in [0.29, 0.717) is 5.69 Å². The largest absolute Gasteiger partial charge is 0.512 e. The van der Waals surface area contributed by atoms with Gasteiger partial charge in [0.25, 0.3) is 0 Å². The molecule has 4 nitrogen and oxygen atoms in total. The topological polar surface area (TPSA) is 63.1 Å². The molecule has 5 rings (SSSR count). The third-order valence-electron chi connectivity index (χ3n) is 8.62. The van der Waals surface area contributed by atoms with E-state index in [1.807, 2.05) is 78.9 Å². The number of pyridine rings is 2. The van der Waals surface area contributed by atoms with Gasteiger partial charge in [0, 0.05) is 69.5 Å². The van der Waals surface area contributed by atoms with Gasteiger partial charge in [-0.2, -0.15) is 0 Å². The quantitative estimate of drug-likeness (QED) is 0.110. The molecule has 0 unspecified atom stereocenters. The molecule has 0 spiro atoms. The van der Waals surface area contributed by atoms with Gasteiger partial charge in [-0.15, -0.1) is 23.6 Å². The summed E-state index contributed by atoms with van der Waals surface area (Å²) in [5.74, 6) is 0.547. The maximum atomic E-state index is 11.7. The molecule has 4 aromatic rings. The molecule has 0 fully saturated rings. The van der Waals surface area contributed by atoms with Crippen molar-refractivity contribution in [3.8, 4) is 11.3 Å². The number of aromatic nitrogens is 2. The number of rotatable bonds is 8. The SMILES string of the molecule is CCC(CC)C(=O)/C=C(\O)C(CC)CC.[2H]C([2H])(c1cc2ccnc3c2c(n1)C(C)(C)c1cc2ccccc2[c-]c1-3)C(C)(C)C.[Ir]. The summed E-state index contributed by atoms with van der Waals surface area (Å²) in [6.45, 7) is 18.2. The normalized spacial score (nSPS) is 14.8. The van der Waals surface area contributed by atoms with Gasteiger partial charge in [-0.25, -0.2) is 0 Å². The number of hydrogen-bond acceptors (Lipinski definition) is 4. The van der Waals surface area contributed by atoms with Crippen LogP contribution in [-0.4, -0.2) is 20.9 Å². The molecule has 1 radical (unpaired) electrons. The average molecular weight is 772 g/mol. The van der Waals surface area contributed by atoms with E-state index in [4.69, 9.17) is 12.7 Å². The first-order chi connectivity index (χ1) is 21.1. The third-order valence-corrected chi connectivity index (χ3v) is 8.62. The number of hydrogen-bond donors (Lipinski definition) is 1. The van der Waals surface area contributed by atoms with Crippen molar-refractivity contribution in [2.24, 2.45) is 17.3 Å². The van der Waals surface area contributed by atoms with E-state index in [0.717, 1.165) is 69.7 Å². The Morgan fingerprint density at radius 1 is 1.00 bits per heavy atom. The number of benzene rings is 2. The van der Waals surface area contributed by atoms with E-state index in [2.05, 4.69) is 38.1 Å². The second-order valence-electron chi connectivity index (χ2n) is 13.3. The molecular weight excluding hydrogens is 721 g/mol. The molecule has 2 heterocycles. The Morgan fingerprint density at radius 2 is 1.64 bits per heavy atom. The zero-order valence-corrected chi connectivity index (χ0v) is 30.2. The number of nitrogens with zero attached hydrogens (tertiary/aromatic N) is 2. The Balaban J connectivity index is 0.000000309. The van der Waals surface area contributed by atoms with Crippen molar-refractivity contribution in [3.63, 3.8) is 0 Å². The minimum Gasteiger partial charge on any atom is -0.512 e. The molecule has 237 valence electrons. The van der Waals surface area contributed by atoms with Crippen molar-refractivity contribution >= 4 is 27.3 Å². The maximum Gasteiger partial charge on any atom is 0.162 e. The van der Waals surface area contributed by atoms with E-state index in [-0.39, 0.29) is 43.5 Å². The molecule has 5 heteroatoms. The van der Waals surface area contributed by atoms with Crippen molar-refractivity contribution in [2.75, 3.05) is 0 Å². The van der Waals surface area contributed by atoms with Crippen LogP contribution in [0, 0.1) is 23.3 Å². The predicted molar refractivity (Wildman–Crippen MR) is 180 cm³/mol. The van der Waals surface area contributed by atoms with Crippen molar-refractivity contribution in [1.29, 1.82) is 0 Å². The van der Waals surface area contributed by atoms with Crippen molar-refractivity contribution in [1.82, 2.24) is 9.97 Å². The summed E-state index contributed by atoms with van der Waals surface area (Å²) in [4.78, 5) is 21.4. The number of carbonyl (C=O) groups is 1. The van der Waals surface area contributed by atoms with Gasteiger partial charge in [-0.3, -0.25) is 14.8 Å². The van der Waals surface area contributed by atoms with E-state index < -0.39 is 17.2 Å². The summed E-state index contributed by atoms with van der Waals surface area (Å²) in [6, 6.07) is 18.0. The van der Waals surface area contributed by atoms with Crippen molar-refractivity contribution < 1.29 is 32.7 Å². The molecule has 0 amide bonds. The van der Waals surface area contributed by atoms with Crippen LogP contribution < -0.4 is 0 Å². The smallest absolute Gasteiger partial charge is 0.162 e. The van der Waals surface area contributed by atoms with Crippen LogP contribution in [0.2, 0.25) is 0 Å². The zero-order chi connectivity index (χ0) is 33.3. The summed E-state index contributed by atoms with van der Waals surface area (Å²) in [6.07, 6.45) is 5.15. The summed E-state index contributed by atoms with van der Waals surface area (Å²) >= 11 is 0. The van der Waals surface area contributed by atoms with Gasteiger partial charge in [0.15, 0.2) is 5.78 Å². The summed E-state index contributed by atoms with van der Waals surface area (Å²) in [5, 5.41) is 14.0. The molecular formula is C39H49IrN2O2-.